The van der Waals surface area contributed by atoms with Gasteiger partial charge in [-0.25, -0.2) is 0 Å². The predicted molar refractivity (Wildman–Crippen MR) is 127 cm³/mol. The van der Waals surface area contributed by atoms with Crippen LogP contribution in [0.25, 0.3) is 5.57 Å². The summed E-state index contributed by atoms with van der Waals surface area (Å²) in [5, 5.41) is 0. The number of aryl methyl sites for hydroxylation is 2. The minimum Gasteiger partial charge on any atom is -0.0949 e. The lowest BCUT2D eigenvalue weighted by Gasteiger charge is -2.41. The van der Waals surface area contributed by atoms with Gasteiger partial charge < -0.3 is 0 Å². The highest BCUT2D eigenvalue weighted by molar-refractivity contribution is 5.69. The van der Waals surface area contributed by atoms with Crippen LogP contribution in [0.15, 0.2) is 49.0 Å². The lowest BCUT2D eigenvalue weighted by Crippen LogP contribution is -2.32. The Morgan fingerprint density at radius 2 is 1.67 bits per heavy atom. The monoisotopic (exact) mass is 396 g/mol. The number of benzene rings is 2. The zero-order valence-electron chi connectivity index (χ0n) is 18.6. The molecule has 4 aliphatic carbocycles. The molecule has 0 spiro atoms. The van der Waals surface area contributed by atoms with Gasteiger partial charge in [0.2, 0.25) is 0 Å². The van der Waals surface area contributed by atoms with E-state index in [1.165, 1.54) is 80.1 Å². The van der Waals surface area contributed by atoms with Crippen LogP contribution in [0.5, 0.6) is 0 Å². The Labute approximate surface area is 182 Å². The van der Waals surface area contributed by atoms with Crippen molar-refractivity contribution in [3.05, 3.63) is 76.9 Å². The van der Waals surface area contributed by atoms with Crippen molar-refractivity contribution in [1.29, 1.82) is 0 Å². The molecule has 0 heteroatoms. The quantitative estimate of drug-likeness (QED) is 0.481. The average molecular weight is 397 g/mol. The van der Waals surface area contributed by atoms with Crippen LogP contribution in [0.4, 0.5) is 0 Å². The summed E-state index contributed by atoms with van der Waals surface area (Å²) in [6, 6.07) is 16.5. The molecular weight excluding hydrogens is 360 g/mol. The van der Waals surface area contributed by atoms with Gasteiger partial charge in [-0.2, -0.15) is 0 Å². The van der Waals surface area contributed by atoms with E-state index < -0.39 is 0 Å². The molecule has 6 atom stereocenters. The van der Waals surface area contributed by atoms with Crippen molar-refractivity contribution >= 4 is 5.57 Å². The van der Waals surface area contributed by atoms with Gasteiger partial charge >= 0.3 is 0 Å². The van der Waals surface area contributed by atoms with E-state index in [0.717, 1.165) is 29.6 Å². The summed E-state index contributed by atoms with van der Waals surface area (Å²) in [6.45, 7) is 6.90. The highest BCUT2D eigenvalue weighted by atomic mass is 14.5. The van der Waals surface area contributed by atoms with E-state index in [4.69, 9.17) is 0 Å². The smallest absolute Gasteiger partial charge is 0.0122 e. The summed E-state index contributed by atoms with van der Waals surface area (Å²) in [7, 11) is 0. The van der Waals surface area contributed by atoms with Gasteiger partial charge in [0.05, 0.1) is 0 Å². The molecular formula is C30H36. The molecule has 2 fully saturated rings. The summed E-state index contributed by atoms with van der Waals surface area (Å²) in [5.74, 6) is 5.16. The van der Waals surface area contributed by atoms with Crippen LogP contribution in [0.2, 0.25) is 0 Å². The van der Waals surface area contributed by atoms with Crippen LogP contribution in [0.3, 0.4) is 0 Å². The Hall–Kier alpha value is -1.82. The van der Waals surface area contributed by atoms with Crippen LogP contribution in [-0.4, -0.2) is 0 Å². The Bertz CT molecular complexity index is 966. The van der Waals surface area contributed by atoms with Crippen LogP contribution in [-0.2, 0) is 6.42 Å². The number of allylic oxidation sites excluding steroid dienone is 1. The molecule has 0 amide bonds. The second-order valence-electron chi connectivity index (χ2n) is 10.9. The largest absolute Gasteiger partial charge is 0.0949 e. The first-order valence-corrected chi connectivity index (χ1v) is 12.6. The zero-order valence-corrected chi connectivity index (χ0v) is 18.6. The normalized spacial score (nSPS) is 34.6. The molecule has 0 aliphatic heterocycles. The van der Waals surface area contributed by atoms with Gasteiger partial charge in [-0.15, -0.1) is 0 Å². The maximum Gasteiger partial charge on any atom is -0.0122 e. The first-order chi connectivity index (χ1) is 14.7. The van der Waals surface area contributed by atoms with Crippen molar-refractivity contribution in [3.63, 3.8) is 0 Å². The molecule has 0 saturated heterocycles. The number of rotatable bonds is 2. The summed E-state index contributed by atoms with van der Waals surface area (Å²) in [6.07, 6.45) is 12.6. The van der Waals surface area contributed by atoms with Crippen molar-refractivity contribution in [2.45, 2.75) is 76.5 Å². The molecule has 6 rings (SSSR count). The summed E-state index contributed by atoms with van der Waals surface area (Å²) >= 11 is 0. The number of hydrogen-bond donors (Lipinski definition) is 0. The summed E-state index contributed by atoms with van der Waals surface area (Å²) in [4.78, 5) is 0. The molecule has 0 heterocycles. The first kappa shape index (κ1) is 18.9. The maximum absolute atomic E-state index is 4.61. The second-order valence-corrected chi connectivity index (χ2v) is 10.9. The topological polar surface area (TPSA) is 0 Å². The number of fused-ring (bicyclic) bond motifs is 4. The highest BCUT2D eigenvalue weighted by Gasteiger charge is 2.49. The van der Waals surface area contributed by atoms with Gasteiger partial charge in [0.25, 0.3) is 0 Å². The molecule has 4 aliphatic rings. The van der Waals surface area contributed by atoms with E-state index in [1.807, 2.05) is 0 Å². The molecule has 0 aromatic heterocycles. The standard InChI is InChI=1S/C30H36/c1-19-13-16-26-27-11-5-8-23(25-10-6-12-28(30(25)27)29(26)17-19)18-22-15-14-21-7-3-4-9-24(21)20(22)2/h3-4,7,9,13,16-17,22-23,25,27-28,30H,2,5-6,8,10-12,14-15,18H2,1H3. The molecule has 0 radical (unpaired) electrons. The maximum atomic E-state index is 4.61. The van der Waals surface area contributed by atoms with Gasteiger partial charge in [-0.05, 0) is 109 Å². The summed E-state index contributed by atoms with van der Waals surface area (Å²) in [5.41, 5.74) is 9.37. The first-order valence-electron chi connectivity index (χ1n) is 12.6. The Morgan fingerprint density at radius 3 is 2.57 bits per heavy atom. The molecule has 2 saturated carbocycles. The van der Waals surface area contributed by atoms with E-state index >= 15 is 0 Å². The van der Waals surface area contributed by atoms with Crippen LogP contribution >= 0.6 is 0 Å². The Morgan fingerprint density at radius 1 is 0.867 bits per heavy atom. The van der Waals surface area contributed by atoms with Crippen LogP contribution < -0.4 is 0 Å². The van der Waals surface area contributed by atoms with E-state index in [-0.39, 0.29) is 0 Å². The lowest BCUT2D eigenvalue weighted by atomic mass is 9.63. The zero-order chi connectivity index (χ0) is 20.2. The van der Waals surface area contributed by atoms with Crippen molar-refractivity contribution in [2.24, 2.45) is 23.7 Å². The third-order valence-electron chi connectivity index (χ3n) is 9.42. The van der Waals surface area contributed by atoms with Gasteiger partial charge in [-0.3, -0.25) is 0 Å². The lowest BCUT2D eigenvalue weighted by molar-refractivity contribution is 0.125. The Kier molecular flexibility index (Phi) is 4.66. The van der Waals surface area contributed by atoms with E-state index in [1.54, 1.807) is 11.1 Å². The van der Waals surface area contributed by atoms with Crippen molar-refractivity contribution in [2.75, 3.05) is 0 Å². The molecule has 0 bridgehead atoms. The molecule has 2 aromatic rings. The second kappa shape index (κ2) is 7.40. The van der Waals surface area contributed by atoms with Crippen LogP contribution in [0, 0.1) is 30.6 Å². The molecule has 156 valence electrons. The van der Waals surface area contributed by atoms with Gasteiger partial charge in [0.15, 0.2) is 0 Å². The number of hydrogen-bond acceptors (Lipinski definition) is 0. The molecule has 0 nitrogen and oxygen atoms in total. The minimum absolute atomic E-state index is 0.702. The third-order valence-corrected chi connectivity index (χ3v) is 9.42. The van der Waals surface area contributed by atoms with E-state index in [2.05, 4.69) is 56.0 Å². The molecule has 2 aromatic carbocycles. The fourth-order valence-corrected chi connectivity index (χ4v) is 8.16. The van der Waals surface area contributed by atoms with Crippen molar-refractivity contribution < 1.29 is 0 Å². The van der Waals surface area contributed by atoms with E-state index in [0.29, 0.717) is 5.92 Å². The molecule has 0 N–H and O–H groups in total. The SMILES string of the molecule is C=C1c2ccccc2CCC1CC1CCCC2c3ccc(C)cc3C3CCCC1C23. The van der Waals surface area contributed by atoms with Gasteiger partial charge in [-0.1, -0.05) is 73.9 Å². The predicted octanol–water partition coefficient (Wildman–Crippen LogP) is 8.06. The third kappa shape index (κ3) is 2.94. The summed E-state index contributed by atoms with van der Waals surface area (Å²) < 4.78 is 0. The molecule has 6 unspecified atom stereocenters. The highest BCUT2D eigenvalue weighted by Crippen LogP contribution is 2.61. The van der Waals surface area contributed by atoms with Gasteiger partial charge in [0, 0.05) is 0 Å². The fourth-order valence-electron chi connectivity index (χ4n) is 8.16. The van der Waals surface area contributed by atoms with E-state index in [9.17, 15) is 0 Å². The van der Waals surface area contributed by atoms with Crippen molar-refractivity contribution in [1.82, 2.24) is 0 Å². The van der Waals surface area contributed by atoms with Crippen LogP contribution in [0.1, 0.15) is 91.0 Å². The minimum atomic E-state index is 0.702. The van der Waals surface area contributed by atoms with Crippen molar-refractivity contribution in [3.8, 4) is 0 Å². The fraction of sp³-hybridized carbons (Fsp3) is 0.533. The average Bonchev–Trinajstić information content (AvgIpc) is 2.95. The Balaban J connectivity index is 1.28. The molecule has 30 heavy (non-hydrogen) atoms. The van der Waals surface area contributed by atoms with Gasteiger partial charge in [0.1, 0.15) is 0 Å².